The highest BCUT2D eigenvalue weighted by Gasteiger charge is 2.24. The molecule has 0 saturated heterocycles. The predicted molar refractivity (Wildman–Crippen MR) is 91.1 cm³/mol. The van der Waals surface area contributed by atoms with E-state index < -0.39 is 0 Å². The molecule has 5 heteroatoms. The first-order valence-corrected chi connectivity index (χ1v) is 8.29. The quantitative estimate of drug-likeness (QED) is 0.793. The summed E-state index contributed by atoms with van der Waals surface area (Å²) in [6, 6.07) is 7.56. The summed E-state index contributed by atoms with van der Waals surface area (Å²) < 4.78 is 0. The van der Waals surface area contributed by atoms with Crippen LogP contribution in [0.3, 0.4) is 0 Å². The Morgan fingerprint density at radius 2 is 2.04 bits per heavy atom. The Morgan fingerprint density at radius 3 is 2.83 bits per heavy atom. The zero-order chi connectivity index (χ0) is 16.2. The fraction of sp³-hybridized carbons (Fsp3) is 0.444. The lowest BCUT2D eigenvalue weighted by Gasteiger charge is -2.16. The molecule has 1 unspecified atom stereocenters. The fourth-order valence-electron chi connectivity index (χ4n) is 3.22. The van der Waals surface area contributed by atoms with Crippen LogP contribution in [0.1, 0.15) is 39.0 Å². The van der Waals surface area contributed by atoms with Crippen LogP contribution in [0.2, 0.25) is 0 Å². The lowest BCUT2D eigenvalue weighted by molar-refractivity contribution is -0.125. The van der Waals surface area contributed by atoms with Gasteiger partial charge >= 0.3 is 0 Å². The standard InChI is InChI=1S/C18H23N3O2/c1-12(20-18(23)13-4-2-3-5-13)10-17(22)21-15-6-7-16-14(11-15)8-9-19-16/h6-9,11-13,19H,2-5,10H2,1H3,(H,20,23)(H,21,22). The Morgan fingerprint density at radius 1 is 1.26 bits per heavy atom. The van der Waals surface area contributed by atoms with Gasteiger partial charge in [0, 0.05) is 41.2 Å². The van der Waals surface area contributed by atoms with E-state index in [1.54, 1.807) is 0 Å². The largest absolute Gasteiger partial charge is 0.361 e. The molecule has 1 aliphatic carbocycles. The van der Waals surface area contributed by atoms with Crippen molar-refractivity contribution in [1.82, 2.24) is 10.3 Å². The Hall–Kier alpha value is -2.30. The number of hydrogen-bond acceptors (Lipinski definition) is 2. The van der Waals surface area contributed by atoms with Crippen molar-refractivity contribution in [2.45, 2.75) is 45.1 Å². The zero-order valence-electron chi connectivity index (χ0n) is 13.4. The van der Waals surface area contributed by atoms with E-state index in [0.717, 1.165) is 42.3 Å². The fourth-order valence-corrected chi connectivity index (χ4v) is 3.22. The van der Waals surface area contributed by atoms with Crippen LogP contribution in [0.4, 0.5) is 5.69 Å². The van der Waals surface area contributed by atoms with E-state index in [-0.39, 0.29) is 30.2 Å². The van der Waals surface area contributed by atoms with Crippen molar-refractivity contribution in [3.05, 3.63) is 30.5 Å². The molecule has 1 fully saturated rings. The summed E-state index contributed by atoms with van der Waals surface area (Å²) in [5.41, 5.74) is 1.82. The molecule has 5 nitrogen and oxygen atoms in total. The average Bonchev–Trinajstić information content (AvgIpc) is 3.17. The van der Waals surface area contributed by atoms with Crippen LogP contribution >= 0.6 is 0 Å². The van der Waals surface area contributed by atoms with Gasteiger partial charge in [0.15, 0.2) is 0 Å². The SMILES string of the molecule is CC(CC(=O)Nc1ccc2[nH]ccc2c1)NC(=O)C1CCCC1. The minimum absolute atomic E-state index is 0.0842. The topological polar surface area (TPSA) is 74.0 Å². The van der Waals surface area contributed by atoms with Gasteiger partial charge in [-0.1, -0.05) is 12.8 Å². The maximum atomic E-state index is 12.1. The summed E-state index contributed by atoms with van der Waals surface area (Å²) in [7, 11) is 0. The zero-order valence-corrected chi connectivity index (χ0v) is 13.4. The molecule has 2 amide bonds. The number of carbonyl (C=O) groups is 2. The van der Waals surface area contributed by atoms with Gasteiger partial charge < -0.3 is 15.6 Å². The number of fused-ring (bicyclic) bond motifs is 1. The number of aromatic nitrogens is 1. The first-order valence-electron chi connectivity index (χ1n) is 8.29. The summed E-state index contributed by atoms with van der Waals surface area (Å²) >= 11 is 0. The van der Waals surface area contributed by atoms with Crippen molar-refractivity contribution in [3.8, 4) is 0 Å². The molecule has 2 aromatic rings. The van der Waals surface area contributed by atoms with Gasteiger partial charge in [-0.15, -0.1) is 0 Å². The van der Waals surface area contributed by atoms with Crippen molar-refractivity contribution >= 4 is 28.4 Å². The van der Waals surface area contributed by atoms with Crippen LogP contribution in [0, 0.1) is 5.92 Å². The molecule has 1 heterocycles. The minimum atomic E-state index is -0.154. The van der Waals surface area contributed by atoms with E-state index in [0.29, 0.717) is 0 Å². The van der Waals surface area contributed by atoms with E-state index >= 15 is 0 Å². The third-order valence-corrected chi connectivity index (χ3v) is 4.44. The number of nitrogens with one attached hydrogen (secondary N) is 3. The van der Waals surface area contributed by atoms with E-state index in [2.05, 4.69) is 15.6 Å². The molecule has 23 heavy (non-hydrogen) atoms. The highest BCUT2D eigenvalue weighted by Crippen LogP contribution is 2.24. The number of rotatable bonds is 5. The first kappa shape index (κ1) is 15.6. The van der Waals surface area contributed by atoms with Crippen LogP contribution in [-0.4, -0.2) is 22.8 Å². The van der Waals surface area contributed by atoms with Gasteiger partial charge in [-0.3, -0.25) is 9.59 Å². The Balaban J connectivity index is 1.50. The molecular formula is C18H23N3O2. The number of aromatic amines is 1. The van der Waals surface area contributed by atoms with Crippen LogP contribution in [0.15, 0.2) is 30.5 Å². The molecule has 0 aliphatic heterocycles. The lowest BCUT2D eigenvalue weighted by Crippen LogP contribution is -2.38. The summed E-state index contributed by atoms with van der Waals surface area (Å²) in [5.74, 6) is 0.146. The Kier molecular flexibility index (Phi) is 4.65. The molecule has 3 rings (SSSR count). The Bertz CT molecular complexity index is 701. The molecule has 1 aliphatic rings. The molecular weight excluding hydrogens is 290 g/mol. The Labute approximate surface area is 135 Å². The number of hydrogen-bond donors (Lipinski definition) is 3. The molecule has 1 aromatic carbocycles. The molecule has 1 saturated carbocycles. The monoisotopic (exact) mass is 313 g/mol. The summed E-state index contributed by atoms with van der Waals surface area (Å²) in [6.45, 7) is 1.88. The van der Waals surface area contributed by atoms with Crippen molar-refractivity contribution in [3.63, 3.8) is 0 Å². The maximum absolute atomic E-state index is 12.1. The molecule has 0 spiro atoms. The van der Waals surface area contributed by atoms with Crippen LogP contribution in [-0.2, 0) is 9.59 Å². The normalized spacial score (nSPS) is 16.4. The van der Waals surface area contributed by atoms with Gasteiger partial charge in [-0.25, -0.2) is 0 Å². The smallest absolute Gasteiger partial charge is 0.226 e. The number of anilines is 1. The second-order valence-corrected chi connectivity index (χ2v) is 6.42. The second-order valence-electron chi connectivity index (χ2n) is 6.42. The van der Waals surface area contributed by atoms with Gasteiger partial charge in [-0.2, -0.15) is 0 Å². The van der Waals surface area contributed by atoms with E-state index in [9.17, 15) is 9.59 Å². The predicted octanol–water partition coefficient (Wildman–Crippen LogP) is 3.19. The summed E-state index contributed by atoms with van der Waals surface area (Å²) in [4.78, 5) is 27.3. The molecule has 3 N–H and O–H groups in total. The molecule has 0 radical (unpaired) electrons. The minimum Gasteiger partial charge on any atom is -0.361 e. The van der Waals surface area contributed by atoms with Gasteiger partial charge in [0.1, 0.15) is 0 Å². The summed E-state index contributed by atoms with van der Waals surface area (Å²) in [6.07, 6.45) is 6.37. The van der Waals surface area contributed by atoms with Crippen molar-refractivity contribution < 1.29 is 9.59 Å². The molecule has 0 bridgehead atoms. The summed E-state index contributed by atoms with van der Waals surface area (Å²) in [5, 5.41) is 6.91. The van der Waals surface area contributed by atoms with E-state index in [4.69, 9.17) is 0 Å². The van der Waals surface area contributed by atoms with Crippen molar-refractivity contribution in [1.29, 1.82) is 0 Å². The van der Waals surface area contributed by atoms with Gasteiger partial charge in [0.25, 0.3) is 0 Å². The number of benzene rings is 1. The highest BCUT2D eigenvalue weighted by molar-refractivity contribution is 5.94. The number of amides is 2. The first-order chi connectivity index (χ1) is 11.1. The lowest BCUT2D eigenvalue weighted by atomic mass is 10.1. The number of carbonyl (C=O) groups excluding carboxylic acids is 2. The van der Waals surface area contributed by atoms with Gasteiger partial charge in [0.05, 0.1) is 0 Å². The number of H-pyrrole nitrogens is 1. The van der Waals surface area contributed by atoms with E-state index in [1.165, 1.54) is 0 Å². The van der Waals surface area contributed by atoms with Gasteiger partial charge in [-0.05, 0) is 44.0 Å². The van der Waals surface area contributed by atoms with Gasteiger partial charge in [0.2, 0.25) is 11.8 Å². The highest BCUT2D eigenvalue weighted by atomic mass is 16.2. The third-order valence-electron chi connectivity index (χ3n) is 4.44. The van der Waals surface area contributed by atoms with Crippen molar-refractivity contribution in [2.24, 2.45) is 5.92 Å². The van der Waals surface area contributed by atoms with E-state index in [1.807, 2.05) is 37.4 Å². The average molecular weight is 313 g/mol. The molecule has 1 aromatic heterocycles. The molecule has 122 valence electrons. The molecule has 1 atom stereocenters. The van der Waals surface area contributed by atoms with Crippen LogP contribution in [0.5, 0.6) is 0 Å². The maximum Gasteiger partial charge on any atom is 0.226 e. The third kappa shape index (κ3) is 3.92. The second kappa shape index (κ2) is 6.86. The van der Waals surface area contributed by atoms with Crippen LogP contribution in [0.25, 0.3) is 10.9 Å². The van der Waals surface area contributed by atoms with Crippen LogP contribution < -0.4 is 10.6 Å². The van der Waals surface area contributed by atoms with Crippen molar-refractivity contribution in [2.75, 3.05) is 5.32 Å².